The number of carbonyl (C=O) groups is 1. The van der Waals surface area contributed by atoms with E-state index in [1.54, 1.807) is 26.4 Å². The molecule has 4 heteroatoms. The summed E-state index contributed by atoms with van der Waals surface area (Å²) in [6, 6.07) is 3.92. The molecule has 0 bridgehead atoms. The van der Waals surface area contributed by atoms with E-state index in [-0.39, 0.29) is 5.78 Å². The van der Waals surface area contributed by atoms with Crippen molar-refractivity contribution in [1.29, 1.82) is 0 Å². The van der Waals surface area contributed by atoms with Crippen LogP contribution in [0.3, 0.4) is 0 Å². The second-order valence-electron chi connectivity index (χ2n) is 5.75. The summed E-state index contributed by atoms with van der Waals surface area (Å²) in [5.41, 5.74) is 1.71. The summed E-state index contributed by atoms with van der Waals surface area (Å²) in [6.45, 7) is 4.49. The number of carbonyl (C=O) groups excluding carboxylic acids is 1. The van der Waals surface area contributed by atoms with E-state index in [9.17, 15) is 4.79 Å². The zero-order valence-corrected chi connectivity index (χ0v) is 13.6. The minimum Gasteiger partial charge on any atom is -0.493 e. The minimum absolute atomic E-state index is 0.0366. The Morgan fingerprint density at radius 1 is 1.21 bits per heavy atom. The minimum atomic E-state index is 0.0366. The summed E-state index contributed by atoms with van der Waals surface area (Å²) in [4.78, 5) is 12.4. The van der Waals surface area contributed by atoms with Gasteiger partial charge in [-0.25, -0.2) is 0 Å². The van der Waals surface area contributed by atoms with E-state index in [0.717, 1.165) is 32.3 Å². The molecule has 0 unspecified atom stereocenters. The van der Waals surface area contributed by atoms with Crippen LogP contribution in [0.15, 0.2) is 36.9 Å². The van der Waals surface area contributed by atoms with Crippen LogP contribution in [0.5, 0.6) is 11.5 Å². The molecule has 0 N–H and O–H groups in total. The van der Waals surface area contributed by atoms with Gasteiger partial charge in [-0.15, -0.1) is 6.58 Å². The van der Waals surface area contributed by atoms with Gasteiger partial charge < -0.3 is 14.0 Å². The molecule has 2 aliphatic carbocycles. The molecular formula is C20H17NO3. The third-order valence-corrected chi connectivity index (χ3v) is 4.51. The highest BCUT2D eigenvalue weighted by Gasteiger charge is 2.22. The number of benzene rings is 1. The summed E-state index contributed by atoms with van der Waals surface area (Å²) in [6.07, 6.45) is 9.28. The smallest absolute Gasteiger partial charge is 0.188 e. The Morgan fingerprint density at radius 3 is 2.67 bits per heavy atom. The summed E-state index contributed by atoms with van der Waals surface area (Å²) in [5.74, 6) is 1.39. The second-order valence-corrected chi connectivity index (χ2v) is 5.75. The van der Waals surface area contributed by atoms with E-state index in [4.69, 9.17) is 9.47 Å². The van der Waals surface area contributed by atoms with Crippen molar-refractivity contribution in [3.8, 4) is 11.5 Å². The lowest BCUT2D eigenvalue weighted by molar-refractivity contribution is 0.104. The van der Waals surface area contributed by atoms with Crippen molar-refractivity contribution in [3.63, 3.8) is 0 Å². The Morgan fingerprint density at radius 2 is 1.96 bits per heavy atom. The van der Waals surface area contributed by atoms with Gasteiger partial charge >= 0.3 is 0 Å². The largest absolute Gasteiger partial charge is 0.493 e. The molecule has 0 radical (unpaired) electrons. The normalized spacial score (nSPS) is 13.5. The van der Waals surface area contributed by atoms with E-state index in [2.05, 4.69) is 17.2 Å². The van der Waals surface area contributed by atoms with E-state index in [1.165, 1.54) is 0 Å². The first kappa shape index (κ1) is 14.6. The monoisotopic (exact) mass is 319 g/mol. The molecule has 1 aromatic heterocycles. The molecule has 1 aromatic carbocycles. The number of hydrogen-bond donors (Lipinski definition) is 0. The standard InChI is InChI=1S/C20H17NO3/c1-4-8-21-15-6-5-7-16(22)19(15)14-9-12-10-17(23-2)18(24-3)11-13(12)20(14)21/h4-7,9-11H,1,8H2,2-3H3. The quantitative estimate of drug-likeness (QED) is 0.687. The van der Waals surface area contributed by atoms with Gasteiger partial charge in [0, 0.05) is 17.3 Å². The average molecular weight is 319 g/mol. The number of ketones is 1. The topological polar surface area (TPSA) is 40.5 Å². The maximum atomic E-state index is 12.4. The Labute approximate surface area is 138 Å². The predicted octanol–water partition coefficient (Wildman–Crippen LogP) is 1.65. The lowest BCUT2D eigenvalue weighted by Crippen LogP contribution is -2.24. The predicted molar refractivity (Wildman–Crippen MR) is 92.6 cm³/mol. The fraction of sp³-hybridized carbons (Fsp3) is 0.150. The van der Waals surface area contributed by atoms with Crippen LogP contribution < -0.4 is 20.0 Å². The first-order valence-corrected chi connectivity index (χ1v) is 7.73. The first-order valence-electron chi connectivity index (χ1n) is 7.73. The van der Waals surface area contributed by atoms with E-state index >= 15 is 0 Å². The summed E-state index contributed by atoms with van der Waals surface area (Å²) >= 11 is 0. The molecule has 1 heterocycles. The highest BCUT2D eigenvalue weighted by atomic mass is 16.5. The molecule has 0 aliphatic heterocycles. The van der Waals surface area contributed by atoms with Crippen molar-refractivity contribution in [2.24, 2.45) is 0 Å². The lowest BCUT2D eigenvalue weighted by Gasteiger charge is -2.07. The Kier molecular flexibility index (Phi) is 3.20. The van der Waals surface area contributed by atoms with Crippen molar-refractivity contribution >= 4 is 17.9 Å². The van der Waals surface area contributed by atoms with Crippen LogP contribution in [0.2, 0.25) is 0 Å². The van der Waals surface area contributed by atoms with Crippen LogP contribution in [0.1, 0.15) is 15.9 Å². The molecule has 0 saturated heterocycles. The maximum absolute atomic E-state index is 12.4. The summed E-state index contributed by atoms with van der Waals surface area (Å²) in [7, 11) is 3.24. The molecule has 24 heavy (non-hydrogen) atoms. The van der Waals surface area contributed by atoms with Crippen LogP contribution in [-0.2, 0) is 6.54 Å². The zero-order chi connectivity index (χ0) is 16.8. The maximum Gasteiger partial charge on any atom is 0.188 e. The third-order valence-electron chi connectivity index (χ3n) is 4.51. The second kappa shape index (κ2) is 5.27. The summed E-state index contributed by atoms with van der Waals surface area (Å²) < 4.78 is 13.0. The highest BCUT2D eigenvalue weighted by Crippen LogP contribution is 2.27. The van der Waals surface area contributed by atoms with Crippen LogP contribution >= 0.6 is 0 Å². The molecule has 0 fully saturated rings. The number of allylic oxidation sites excluding steroid dienone is 3. The van der Waals surface area contributed by atoms with Gasteiger partial charge in [0.25, 0.3) is 0 Å². The van der Waals surface area contributed by atoms with Crippen LogP contribution in [0, 0.1) is 10.6 Å². The van der Waals surface area contributed by atoms with Gasteiger partial charge in [-0.1, -0.05) is 12.2 Å². The van der Waals surface area contributed by atoms with E-state index in [1.807, 2.05) is 24.3 Å². The van der Waals surface area contributed by atoms with Crippen LogP contribution in [0.4, 0.5) is 0 Å². The molecule has 2 aromatic rings. The zero-order valence-electron chi connectivity index (χ0n) is 13.6. The number of ether oxygens (including phenoxy) is 2. The third kappa shape index (κ3) is 1.83. The van der Waals surface area contributed by atoms with Crippen LogP contribution in [0.25, 0.3) is 12.2 Å². The van der Waals surface area contributed by atoms with E-state index < -0.39 is 0 Å². The number of fused-ring (bicyclic) bond motifs is 4. The number of nitrogens with zero attached hydrogens (tertiary/aromatic N) is 1. The fourth-order valence-corrected chi connectivity index (χ4v) is 3.52. The Bertz CT molecular complexity index is 1130. The molecule has 0 spiro atoms. The average Bonchev–Trinajstić information content (AvgIpc) is 3.09. The number of hydrogen-bond acceptors (Lipinski definition) is 3. The molecule has 2 aliphatic rings. The van der Waals surface area contributed by atoms with Gasteiger partial charge in [-0.2, -0.15) is 0 Å². The number of rotatable bonds is 4. The van der Waals surface area contributed by atoms with Crippen molar-refractivity contribution in [3.05, 3.63) is 69.2 Å². The molecule has 120 valence electrons. The van der Waals surface area contributed by atoms with Gasteiger partial charge in [0.05, 0.1) is 30.5 Å². The molecular weight excluding hydrogens is 302 g/mol. The molecule has 4 nitrogen and oxygen atoms in total. The van der Waals surface area contributed by atoms with Gasteiger partial charge in [0.15, 0.2) is 17.3 Å². The van der Waals surface area contributed by atoms with Crippen LogP contribution in [-0.4, -0.2) is 24.6 Å². The van der Waals surface area contributed by atoms with Gasteiger partial charge in [0.1, 0.15) is 0 Å². The Balaban J connectivity index is 2.22. The van der Waals surface area contributed by atoms with Gasteiger partial charge in [-0.05, 0) is 35.6 Å². The molecule has 0 atom stereocenters. The van der Waals surface area contributed by atoms with Crippen molar-refractivity contribution in [1.82, 2.24) is 4.57 Å². The molecule has 0 amide bonds. The summed E-state index contributed by atoms with van der Waals surface area (Å²) in [5, 5.41) is 4.04. The first-order chi connectivity index (χ1) is 11.7. The lowest BCUT2D eigenvalue weighted by atomic mass is 10.0. The van der Waals surface area contributed by atoms with E-state index in [0.29, 0.717) is 18.0 Å². The van der Waals surface area contributed by atoms with Gasteiger partial charge in [-0.3, -0.25) is 4.79 Å². The molecule has 0 saturated carbocycles. The number of methoxy groups -OCH3 is 2. The van der Waals surface area contributed by atoms with Gasteiger partial charge in [0.2, 0.25) is 0 Å². The van der Waals surface area contributed by atoms with Crippen molar-refractivity contribution < 1.29 is 14.3 Å². The van der Waals surface area contributed by atoms with Crippen molar-refractivity contribution in [2.45, 2.75) is 6.54 Å². The molecule has 4 rings (SSSR count). The van der Waals surface area contributed by atoms with Crippen molar-refractivity contribution in [2.75, 3.05) is 14.2 Å². The Hall–Kier alpha value is -3.01. The highest BCUT2D eigenvalue weighted by molar-refractivity contribution is 6.09. The fourth-order valence-electron chi connectivity index (χ4n) is 3.52. The number of aromatic nitrogens is 1. The SMILES string of the molecule is C=CCn1c2c(c3c1=c1cc(OC)c(OC)cc1=C3)C(=O)C=CC=2.